The molecule has 0 aromatic heterocycles. The fraction of sp³-hybridized carbons (Fsp3) is 0.455. The van der Waals surface area contributed by atoms with Gasteiger partial charge >= 0.3 is 0 Å². The van der Waals surface area contributed by atoms with Gasteiger partial charge in [0.2, 0.25) is 5.91 Å². The van der Waals surface area contributed by atoms with Crippen molar-refractivity contribution in [2.75, 3.05) is 5.75 Å². The summed E-state index contributed by atoms with van der Waals surface area (Å²) in [4.78, 5) is 17.5. The number of nitrogens with one attached hydrogen (secondary N) is 1. The molecule has 3 nitrogen and oxygen atoms in total. The predicted octanol–water partition coefficient (Wildman–Crippen LogP) is 4.88. The minimum Gasteiger partial charge on any atom is -0.352 e. The Hall–Kier alpha value is -1.52. The Morgan fingerprint density at radius 2 is 2.11 bits per heavy atom. The largest absolute Gasteiger partial charge is 0.352 e. The van der Waals surface area contributed by atoms with Crippen LogP contribution in [0.15, 0.2) is 53.2 Å². The van der Waals surface area contributed by atoms with Crippen molar-refractivity contribution in [3.05, 3.63) is 59.3 Å². The van der Waals surface area contributed by atoms with Crippen LogP contribution in [-0.4, -0.2) is 22.6 Å². The number of rotatable bonds is 4. The number of allylic oxidation sites excluding steroid dienone is 3. The molecule has 1 amide bonds. The van der Waals surface area contributed by atoms with Gasteiger partial charge in [-0.25, -0.2) is 0 Å². The van der Waals surface area contributed by atoms with Crippen LogP contribution in [0.4, 0.5) is 0 Å². The Morgan fingerprint density at radius 3 is 2.85 bits per heavy atom. The van der Waals surface area contributed by atoms with Crippen molar-refractivity contribution in [1.29, 1.82) is 0 Å². The molecule has 1 aromatic carbocycles. The summed E-state index contributed by atoms with van der Waals surface area (Å²) in [6, 6.07) is 8.58. The maximum absolute atomic E-state index is 12.9. The molecule has 2 heterocycles. The molecule has 1 saturated heterocycles. The van der Waals surface area contributed by atoms with Crippen LogP contribution in [0.25, 0.3) is 0 Å². The van der Waals surface area contributed by atoms with Gasteiger partial charge in [0, 0.05) is 18.5 Å². The van der Waals surface area contributed by atoms with Gasteiger partial charge in [0.15, 0.2) is 0 Å². The monoisotopic (exact) mass is 402 g/mol. The molecule has 27 heavy (non-hydrogen) atoms. The van der Waals surface area contributed by atoms with Crippen molar-refractivity contribution in [3.63, 3.8) is 0 Å². The van der Waals surface area contributed by atoms with Gasteiger partial charge in [-0.15, -0.1) is 24.2 Å². The van der Waals surface area contributed by atoms with Gasteiger partial charge in [0.1, 0.15) is 0 Å². The van der Waals surface area contributed by atoms with Gasteiger partial charge in [-0.3, -0.25) is 9.79 Å². The standard InChI is InChI=1S/C22H26N2OS.ClH/c1-15(2)17-8-6-16(7-9-17)13-24-21(25)18-14-26-22-11-4-3-5-20(22)23-12-10-19(18)22;/h3-9,12,15,18-19H,10-11,13-14H2,1-2H3,(H,24,25);1H. The zero-order valence-electron chi connectivity index (χ0n) is 15.9. The first-order valence-corrected chi connectivity index (χ1v) is 10.5. The van der Waals surface area contributed by atoms with Crippen molar-refractivity contribution in [2.24, 2.45) is 16.8 Å². The molecule has 0 radical (unpaired) electrons. The second-order valence-electron chi connectivity index (χ2n) is 7.76. The van der Waals surface area contributed by atoms with E-state index >= 15 is 0 Å². The van der Waals surface area contributed by atoms with Gasteiger partial charge in [-0.2, -0.15) is 0 Å². The van der Waals surface area contributed by atoms with E-state index < -0.39 is 0 Å². The summed E-state index contributed by atoms with van der Waals surface area (Å²) >= 11 is 1.93. The summed E-state index contributed by atoms with van der Waals surface area (Å²) in [6.07, 6.45) is 10.3. The first kappa shape index (κ1) is 20.2. The second kappa shape index (κ2) is 8.24. The third-order valence-corrected chi connectivity index (χ3v) is 7.61. The molecule has 1 aromatic rings. The lowest BCUT2D eigenvalue weighted by Crippen LogP contribution is -2.43. The summed E-state index contributed by atoms with van der Waals surface area (Å²) in [5.41, 5.74) is 3.65. The van der Waals surface area contributed by atoms with Gasteiger partial charge in [0.25, 0.3) is 0 Å². The number of carbonyl (C=O) groups excluding carboxylic acids is 1. The minimum absolute atomic E-state index is 0. The maximum atomic E-state index is 12.9. The molecule has 5 heteroatoms. The van der Waals surface area contributed by atoms with E-state index in [9.17, 15) is 4.79 Å². The van der Waals surface area contributed by atoms with Crippen LogP contribution < -0.4 is 5.32 Å². The minimum atomic E-state index is 0. The molecule has 3 aliphatic rings. The number of carbonyl (C=O) groups is 1. The highest BCUT2D eigenvalue weighted by Crippen LogP contribution is 2.57. The van der Waals surface area contributed by atoms with Crippen LogP contribution in [-0.2, 0) is 11.3 Å². The Bertz CT molecular complexity index is 784. The highest BCUT2D eigenvalue weighted by Gasteiger charge is 2.54. The SMILES string of the molecule is CC(C)c1ccc(CNC(=O)C2CSC34CC=CC=C3N=CCC24)cc1.Cl. The molecule has 1 N–H and O–H groups in total. The summed E-state index contributed by atoms with van der Waals surface area (Å²) in [6.45, 7) is 5.00. The zero-order valence-corrected chi connectivity index (χ0v) is 17.5. The average Bonchev–Trinajstić information content (AvgIpc) is 3.04. The smallest absolute Gasteiger partial charge is 0.224 e. The van der Waals surface area contributed by atoms with E-state index in [4.69, 9.17) is 0 Å². The number of thioether (sulfide) groups is 1. The molecular formula is C22H27ClN2OS. The van der Waals surface area contributed by atoms with Gasteiger partial charge in [0.05, 0.1) is 16.4 Å². The number of halogens is 1. The lowest BCUT2D eigenvalue weighted by atomic mass is 9.73. The second-order valence-corrected chi connectivity index (χ2v) is 9.11. The van der Waals surface area contributed by atoms with Gasteiger partial charge in [-0.1, -0.05) is 50.3 Å². The molecule has 0 bridgehead atoms. The predicted molar refractivity (Wildman–Crippen MR) is 117 cm³/mol. The highest BCUT2D eigenvalue weighted by atomic mass is 35.5. The van der Waals surface area contributed by atoms with E-state index in [0.717, 1.165) is 29.9 Å². The molecule has 1 aliphatic carbocycles. The van der Waals surface area contributed by atoms with Crippen molar-refractivity contribution in [1.82, 2.24) is 5.32 Å². The van der Waals surface area contributed by atoms with E-state index in [0.29, 0.717) is 18.4 Å². The zero-order chi connectivity index (χ0) is 18.1. The van der Waals surface area contributed by atoms with Crippen molar-refractivity contribution >= 4 is 36.3 Å². The lowest BCUT2D eigenvalue weighted by molar-refractivity contribution is -0.126. The van der Waals surface area contributed by atoms with E-state index in [-0.39, 0.29) is 29.0 Å². The van der Waals surface area contributed by atoms with Gasteiger partial charge in [-0.05, 0) is 41.9 Å². The molecule has 0 saturated carbocycles. The molecular weight excluding hydrogens is 376 g/mol. The average molecular weight is 403 g/mol. The molecule has 3 atom stereocenters. The normalized spacial score (nSPS) is 28.2. The molecule has 1 spiro atoms. The fourth-order valence-corrected chi connectivity index (χ4v) is 6.10. The molecule has 4 rings (SSSR count). The molecule has 3 unspecified atom stereocenters. The molecule has 1 fully saturated rings. The number of aliphatic imine (C=N–C) groups is 1. The number of nitrogens with zero attached hydrogens (tertiary/aromatic N) is 1. The Balaban J connectivity index is 0.00000210. The third-order valence-electron chi connectivity index (χ3n) is 5.89. The van der Waals surface area contributed by atoms with Crippen LogP contribution in [0.2, 0.25) is 0 Å². The first-order valence-electron chi connectivity index (χ1n) is 9.50. The fourth-order valence-electron chi connectivity index (χ4n) is 4.28. The van der Waals surface area contributed by atoms with Crippen molar-refractivity contribution in [3.8, 4) is 0 Å². The number of amides is 1. The number of hydrogen-bond acceptors (Lipinski definition) is 3. The summed E-state index contributed by atoms with van der Waals surface area (Å²) in [5, 5.41) is 3.18. The van der Waals surface area contributed by atoms with Crippen LogP contribution in [0.5, 0.6) is 0 Å². The first-order chi connectivity index (χ1) is 12.6. The molecule has 2 aliphatic heterocycles. The highest BCUT2D eigenvalue weighted by molar-refractivity contribution is 8.01. The van der Waals surface area contributed by atoms with E-state index in [1.807, 2.05) is 18.0 Å². The molecule has 144 valence electrons. The van der Waals surface area contributed by atoms with Crippen LogP contribution >= 0.6 is 24.2 Å². The Morgan fingerprint density at radius 1 is 1.33 bits per heavy atom. The third kappa shape index (κ3) is 3.74. The van der Waals surface area contributed by atoms with Crippen LogP contribution in [0, 0.1) is 11.8 Å². The van der Waals surface area contributed by atoms with Crippen molar-refractivity contribution < 1.29 is 4.79 Å². The number of benzene rings is 1. The van der Waals surface area contributed by atoms with E-state index in [1.54, 1.807) is 0 Å². The summed E-state index contributed by atoms with van der Waals surface area (Å²) in [5.74, 6) is 2.03. The Kier molecular flexibility index (Phi) is 6.17. The Labute approximate surface area is 172 Å². The lowest BCUT2D eigenvalue weighted by Gasteiger charge is -2.39. The van der Waals surface area contributed by atoms with Crippen LogP contribution in [0.1, 0.15) is 43.7 Å². The summed E-state index contributed by atoms with van der Waals surface area (Å²) in [7, 11) is 0. The van der Waals surface area contributed by atoms with Gasteiger partial charge < -0.3 is 5.32 Å². The van der Waals surface area contributed by atoms with Crippen molar-refractivity contribution in [2.45, 2.75) is 43.9 Å². The van der Waals surface area contributed by atoms with E-state index in [2.05, 4.69) is 66.7 Å². The van der Waals surface area contributed by atoms with E-state index in [1.165, 1.54) is 5.56 Å². The summed E-state index contributed by atoms with van der Waals surface area (Å²) < 4.78 is 0.0183. The maximum Gasteiger partial charge on any atom is 0.224 e. The number of hydrogen-bond donors (Lipinski definition) is 1. The quantitative estimate of drug-likeness (QED) is 0.779. The topological polar surface area (TPSA) is 41.5 Å². The van der Waals surface area contributed by atoms with Crippen LogP contribution in [0.3, 0.4) is 0 Å².